The Morgan fingerprint density at radius 3 is 2.33 bits per heavy atom. The first-order chi connectivity index (χ1) is 14.6. The number of esters is 1. The van der Waals surface area contributed by atoms with E-state index >= 15 is 0 Å². The van der Waals surface area contributed by atoms with Gasteiger partial charge in [-0.1, -0.05) is 48.5 Å². The normalized spacial score (nSPS) is 18.8. The zero-order valence-corrected chi connectivity index (χ0v) is 17.1. The number of anilines is 1. The summed E-state index contributed by atoms with van der Waals surface area (Å²) in [6.07, 6.45) is 0. The minimum Gasteiger partial charge on any atom is -0.466 e. The van der Waals surface area contributed by atoms with E-state index in [9.17, 15) is 9.59 Å². The van der Waals surface area contributed by atoms with Crippen molar-refractivity contribution in [3.8, 4) is 0 Å². The molecule has 30 heavy (non-hydrogen) atoms. The van der Waals surface area contributed by atoms with E-state index in [-0.39, 0.29) is 18.9 Å². The third-order valence-electron chi connectivity index (χ3n) is 5.46. The molecule has 1 unspecified atom stereocenters. The summed E-state index contributed by atoms with van der Waals surface area (Å²) in [4.78, 5) is 28.2. The number of carbonyl (C=O) groups excluding carboxylic acids is 2. The lowest BCUT2D eigenvalue weighted by atomic mass is 9.77. The molecule has 0 radical (unpaired) electrons. The molecule has 0 aromatic heterocycles. The first-order valence-electron chi connectivity index (χ1n) is 9.82. The highest BCUT2D eigenvalue weighted by Crippen LogP contribution is 2.41. The summed E-state index contributed by atoms with van der Waals surface area (Å²) in [6.45, 7) is 1.00. The van der Waals surface area contributed by atoms with E-state index in [0.29, 0.717) is 23.4 Å². The van der Waals surface area contributed by atoms with Gasteiger partial charge in [0.2, 0.25) is 0 Å². The Balaban J connectivity index is 1.83. The number of Topliss-reactive ketones (excluding diaryl/α,β-unsaturated/α-hetero) is 1. The molecule has 1 N–H and O–H groups in total. The van der Waals surface area contributed by atoms with Gasteiger partial charge in [-0.05, 0) is 17.7 Å². The third-order valence-corrected chi connectivity index (χ3v) is 5.46. The average molecular weight is 404 g/mol. The fraction of sp³-hybridized carbons (Fsp3) is 0.250. The molecule has 4 rings (SSSR count). The second kappa shape index (κ2) is 8.55. The van der Waals surface area contributed by atoms with E-state index in [4.69, 9.17) is 9.47 Å². The molecule has 0 spiro atoms. The largest absolute Gasteiger partial charge is 0.466 e. The standard InChI is InChI=1S/C24H24N2O4/c1-29-15-19-23(24(28)30-2)21(16-9-5-3-6-10-16)22-18(25-19)13-26(14-20(22)27)17-11-7-4-8-12-17/h3-12,21,25H,13-15H2,1-2H3. The van der Waals surface area contributed by atoms with Crippen LogP contribution in [0.2, 0.25) is 0 Å². The maximum Gasteiger partial charge on any atom is 0.336 e. The smallest absolute Gasteiger partial charge is 0.336 e. The van der Waals surface area contributed by atoms with Gasteiger partial charge in [-0.15, -0.1) is 0 Å². The van der Waals surface area contributed by atoms with Crippen LogP contribution >= 0.6 is 0 Å². The van der Waals surface area contributed by atoms with Gasteiger partial charge in [0.05, 0.1) is 38.1 Å². The Morgan fingerprint density at radius 2 is 1.70 bits per heavy atom. The summed E-state index contributed by atoms with van der Waals surface area (Å²) in [5.74, 6) is -0.974. The Morgan fingerprint density at radius 1 is 1.03 bits per heavy atom. The summed E-state index contributed by atoms with van der Waals surface area (Å²) in [7, 11) is 2.93. The summed E-state index contributed by atoms with van der Waals surface area (Å²) in [5, 5.41) is 3.32. The van der Waals surface area contributed by atoms with Crippen LogP contribution in [0.15, 0.2) is 83.2 Å². The fourth-order valence-electron chi connectivity index (χ4n) is 4.18. The number of dihydropyridines is 1. The number of para-hydroxylation sites is 1. The average Bonchev–Trinajstić information content (AvgIpc) is 2.79. The molecule has 2 heterocycles. The molecule has 154 valence electrons. The van der Waals surface area contributed by atoms with E-state index in [0.717, 1.165) is 16.9 Å². The number of nitrogens with one attached hydrogen (secondary N) is 1. The zero-order valence-electron chi connectivity index (χ0n) is 17.1. The first-order valence-corrected chi connectivity index (χ1v) is 9.82. The first kappa shape index (κ1) is 19.9. The van der Waals surface area contributed by atoms with Crippen molar-refractivity contribution in [3.63, 3.8) is 0 Å². The lowest BCUT2D eigenvalue weighted by Crippen LogP contribution is -2.46. The van der Waals surface area contributed by atoms with Crippen LogP contribution < -0.4 is 10.2 Å². The summed E-state index contributed by atoms with van der Waals surface area (Å²) < 4.78 is 10.4. The van der Waals surface area contributed by atoms with Crippen LogP contribution in [-0.4, -0.2) is 45.7 Å². The van der Waals surface area contributed by atoms with Crippen LogP contribution in [0.3, 0.4) is 0 Å². The molecule has 0 amide bonds. The molecule has 2 aliphatic rings. The fourth-order valence-corrected chi connectivity index (χ4v) is 4.18. The van der Waals surface area contributed by atoms with Gasteiger partial charge in [-0.2, -0.15) is 0 Å². The monoisotopic (exact) mass is 404 g/mol. The highest BCUT2D eigenvalue weighted by Gasteiger charge is 2.41. The lowest BCUT2D eigenvalue weighted by Gasteiger charge is -2.39. The third kappa shape index (κ3) is 3.62. The SMILES string of the molecule is COCC1=C(C(=O)OC)C(c2ccccc2)C2=C(CN(c3ccccc3)CC2=O)N1. The Hall–Kier alpha value is -3.38. The lowest BCUT2D eigenvalue weighted by molar-refractivity contribution is -0.136. The van der Waals surface area contributed by atoms with Crippen molar-refractivity contribution in [2.45, 2.75) is 5.92 Å². The number of ether oxygens (including phenoxy) is 2. The predicted molar refractivity (Wildman–Crippen MR) is 114 cm³/mol. The second-order valence-corrected chi connectivity index (χ2v) is 7.29. The molecule has 0 fully saturated rings. The summed E-state index contributed by atoms with van der Waals surface area (Å²) in [6, 6.07) is 19.4. The van der Waals surface area contributed by atoms with Gasteiger partial charge >= 0.3 is 5.97 Å². The van der Waals surface area contributed by atoms with Gasteiger partial charge in [0, 0.05) is 30.0 Å². The van der Waals surface area contributed by atoms with Crippen LogP contribution in [0.1, 0.15) is 11.5 Å². The number of methoxy groups -OCH3 is 2. The Labute approximate surface area is 175 Å². The highest BCUT2D eigenvalue weighted by atomic mass is 16.5. The molecule has 1 atom stereocenters. The molecule has 2 aromatic rings. The number of hydrogen-bond acceptors (Lipinski definition) is 6. The molecule has 2 aliphatic heterocycles. The van der Waals surface area contributed by atoms with E-state index in [1.54, 1.807) is 7.11 Å². The van der Waals surface area contributed by atoms with Crippen LogP contribution in [0.25, 0.3) is 0 Å². The van der Waals surface area contributed by atoms with E-state index < -0.39 is 11.9 Å². The van der Waals surface area contributed by atoms with Crippen molar-refractivity contribution in [1.82, 2.24) is 5.32 Å². The quantitative estimate of drug-likeness (QED) is 0.773. The maximum atomic E-state index is 13.4. The number of nitrogens with zero attached hydrogens (tertiary/aromatic N) is 1. The summed E-state index contributed by atoms with van der Waals surface area (Å²) in [5.41, 5.74) is 4.32. The number of hydrogen-bond donors (Lipinski definition) is 1. The maximum absolute atomic E-state index is 13.4. The highest BCUT2D eigenvalue weighted by molar-refractivity contribution is 6.06. The number of carbonyl (C=O) groups is 2. The van der Waals surface area contributed by atoms with Crippen molar-refractivity contribution in [2.75, 3.05) is 38.8 Å². The van der Waals surface area contributed by atoms with Crippen molar-refractivity contribution in [1.29, 1.82) is 0 Å². The molecular formula is C24H24N2O4. The Bertz CT molecular complexity index is 1010. The zero-order chi connectivity index (χ0) is 21.1. The van der Waals surface area contributed by atoms with Crippen molar-refractivity contribution in [2.24, 2.45) is 0 Å². The molecule has 6 nitrogen and oxygen atoms in total. The second-order valence-electron chi connectivity index (χ2n) is 7.29. The molecular weight excluding hydrogens is 380 g/mol. The summed E-state index contributed by atoms with van der Waals surface area (Å²) >= 11 is 0. The molecule has 0 bridgehead atoms. The van der Waals surface area contributed by atoms with Gasteiger partial charge in [0.25, 0.3) is 0 Å². The molecule has 2 aromatic carbocycles. The van der Waals surface area contributed by atoms with Gasteiger partial charge in [-0.25, -0.2) is 4.79 Å². The number of ketones is 1. The van der Waals surface area contributed by atoms with Crippen molar-refractivity contribution in [3.05, 3.63) is 88.8 Å². The predicted octanol–water partition coefficient (Wildman–Crippen LogP) is 2.79. The van der Waals surface area contributed by atoms with Gasteiger partial charge in [-0.3, -0.25) is 4.79 Å². The van der Waals surface area contributed by atoms with Crippen molar-refractivity contribution < 1.29 is 19.1 Å². The molecule has 0 saturated carbocycles. The van der Waals surface area contributed by atoms with Gasteiger partial charge < -0.3 is 19.7 Å². The minimum absolute atomic E-state index is 0.0145. The van der Waals surface area contributed by atoms with E-state index in [1.807, 2.05) is 65.6 Å². The van der Waals surface area contributed by atoms with Crippen molar-refractivity contribution >= 4 is 17.4 Å². The molecule has 0 saturated heterocycles. The van der Waals surface area contributed by atoms with Crippen LogP contribution in [-0.2, 0) is 19.1 Å². The van der Waals surface area contributed by atoms with Crippen LogP contribution in [0.5, 0.6) is 0 Å². The Kier molecular flexibility index (Phi) is 5.68. The van der Waals surface area contributed by atoms with Gasteiger partial charge in [0.15, 0.2) is 5.78 Å². The van der Waals surface area contributed by atoms with Crippen LogP contribution in [0.4, 0.5) is 5.69 Å². The topological polar surface area (TPSA) is 67.9 Å². The molecule has 0 aliphatic carbocycles. The van der Waals surface area contributed by atoms with Crippen LogP contribution in [0, 0.1) is 0 Å². The molecule has 6 heteroatoms. The van der Waals surface area contributed by atoms with E-state index in [1.165, 1.54) is 7.11 Å². The van der Waals surface area contributed by atoms with Gasteiger partial charge in [0.1, 0.15) is 0 Å². The number of rotatable bonds is 5. The van der Waals surface area contributed by atoms with E-state index in [2.05, 4.69) is 5.32 Å². The number of benzene rings is 2. The minimum atomic E-state index is -0.495.